The van der Waals surface area contributed by atoms with E-state index in [0.717, 1.165) is 0 Å². The fourth-order valence-corrected chi connectivity index (χ4v) is 2.26. The third-order valence-corrected chi connectivity index (χ3v) is 3.40. The van der Waals surface area contributed by atoms with Crippen LogP contribution in [0.25, 0.3) is 0 Å². The van der Waals surface area contributed by atoms with Crippen LogP contribution in [0.15, 0.2) is 0 Å². The lowest BCUT2D eigenvalue weighted by Crippen LogP contribution is -2.70. The molecule has 1 unspecified atom stereocenters. The molecule has 0 spiro atoms. The first-order chi connectivity index (χ1) is 11.1. The van der Waals surface area contributed by atoms with Crippen LogP contribution < -0.4 is 0 Å². The summed E-state index contributed by atoms with van der Waals surface area (Å²) in [6.45, 7) is 0.564. The van der Waals surface area contributed by atoms with E-state index in [1.165, 1.54) is 0 Å². The van der Waals surface area contributed by atoms with Crippen LogP contribution in [0.1, 0.15) is 13.3 Å². The number of halogens is 14. The molecule has 0 aliphatic carbocycles. The quantitative estimate of drug-likeness (QED) is 0.189. The van der Waals surface area contributed by atoms with Crippen molar-refractivity contribution in [1.82, 2.24) is 0 Å². The van der Waals surface area contributed by atoms with Crippen LogP contribution in [-0.4, -0.2) is 45.9 Å². The van der Waals surface area contributed by atoms with Gasteiger partial charge in [0.1, 0.15) is 0 Å². The number of carbonyl (C=O) groups excluding carboxylic acids is 1. The van der Waals surface area contributed by atoms with E-state index in [1.54, 1.807) is 0 Å². The first-order valence-corrected chi connectivity index (χ1v) is 7.08. The zero-order valence-electron chi connectivity index (χ0n) is 11.9. The fourth-order valence-electron chi connectivity index (χ4n) is 1.35. The molecule has 0 rings (SSSR count). The van der Waals surface area contributed by atoms with E-state index in [1.807, 2.05) is 0 Å². The topological polar surface area (TPSA) is 26.3 Å². The highest BCUT2D eigenvalue weighted by Gasteiger charge is 2.90. The highest BCUT2D eigenvalue weighted by atomic mass is 127. The molecule has 2 nitrogen and oxygen atoms in total. The van der Waals surface area contributed by atoms with E-state index in [4.69, 9.17) is 0 Å². The van der Waals surface area contributed by atoms with Crippen molar-refractivity contribution in [2.24, 2.45) is 0 Å². The van der Waals surface area contributed by atoms with E-state index in [2.05, 4.69) is 4.74 Å². The summed E-state index contributed by atoms with van der Waals surface area (Å²) in [5.74, 6) is -38.6. The molecule has 0 bridgehead atoms. The van der Waals surface area contributed by atoms with Crippen LogP contribution in [-0.2, 0) is 9.53 Å². The first kappa shape index (κ1) is 25.3. The molecule has 0 aliphatic heterocycles. The highest BCUT2D eigenvalue weighted by Crippen LogP contribution is 2.60. The molecular formula is C10H6F13IO2. The van der Waals surface area contributed by atoms with Crippen LogP contribution in [0.5, 0.6) is 0 Å². The summed E-state index contributed by atoms with van der Waals surface area (Å²) in [6, 6.07) is 0. The molecule has 0 fully saturated rings. The Kier molecular flexibility index (Phi) is 6.84. The van der Waals surface area contributed by atoms with Crippen molar-refractivity contribution in [1.29, 1.82) is 0 Å². The van der Waals surface area contributed by atoms with Gasteiger partial charge in [-0.25, -0.2) is 0 Å². The Morgan fingerprint density at radius 1 is 0.769 bits per heavy atom. The molecule has 156 valence electrons. The van der Waals surface area contributed by atoms with Gasteiger partial charge >= 0.3 is 41.8 Å². The van der Waals surface area contributed by atoms with Crippen molar-refractivity contribution in [3.63, 3.8) is 0 Å². The molecule has 0 aliphatic rings. The summed E-state index contributed by atoms with van der Waals surface area (Å²) in [4.78, 5) is 10.4. The van der Waals surface area contributed by atoms with Crippen LogP contribution in [0.4, 0.5) is 57.1 Å². The Morgan fingerprint density at radius 2 is 1.12 bits per heavy atom. The lowest BCUT2D eigenvalue weighted by atomic mass is 9.93. The van der Waals surface area contributed by atoms with Gasteiger partial charge in [-0.05, 0) is 22.6 Å². The van der Waals surface area contributed by atoms with Gasteiger partial charge in [0.05, 0.1) is 6.42 Å². The SMILES string of the molecule is CC(=O)OC(I)CC(F)(F)C(F)(F)C(F)(F)C(F)(F)C(F)(F)C(F)(F)F. The van der Waals surface area contributed by atoms with Gasteiger partial charge in [-0.15, -0.1) is 0 Å². The molecule has 0 aromatic rings. The Balaban J connectivity index is 6.04. The highest BCUT2D eigenvalue weighted by molar-refractivity contribution is 14.1. The largest absolute Gasteiger partial charge is 0.460 e. The second kappa shape index (κ2) is 7.03. The third-order valence-electron chi connectivity index (χ3n) is 2.71. The molecule has 0 saturated heterocycles. The summed E-state index contributed by atoms with van der Waals surface area (Å²) in [5, 5.41) is 0. The molecule has 0 radical (unpaired) electrons. The number of ether oxygens (including phenoxy) is 1. The van der Waals surface area contributed by atoms with Crippen molar-refractivity contribution < 1.29 is 66.6 Å². The molecule has 0 saturated carbocycles. The van der Waals surface area contributed by atoms with E-state index >= 15 is 0 Å². The van der Waals surface area contributed by atoms with Crippen molar-refractivity contribution in [2.45, 2.75) is 53.2 Å². The Bertz CT molecular complexity index is 528. The summed E-state index contributed by atoms with van der Waals surface area (Å²) in [7, 11) is 0. The Hall–Kier alpha value is -0.710. The van der Waals surface area contributed by atoms with Gasteiger partial charge < -0.3 is 4.74 Å². The molecule has 26 heavy (non-hydrogen) atoms. The Morgan fingerprint density at radius 3 is 1.42 bits per heavy atom. The predicted octanol–water partition coefficient (Wildman–Crippen LogP) is 5.44. The van der Waals surface area contributed by atoms with Crippen molar-refractivity contribution in [3.8, 4) is 0 Å². The average molecular weight is 532 g/mol. The molecule has 0 N–H and O–H groups in total. The molecule has 0 amide bonds. The normalized spacial score (nSPS) is 16.4. The van der Waals surface area contributed by atoms with Crippen molar-refractivity contribution in [2.75, 3.05) is 0 Å². The van der Waals surface area contributed by atoms with Crippen molar-refractivity contribution in [3.05, 3.63) is 0 Å². The number of hydrogen-bond acceptors (Lipinski definition) is 2. The zero-order valence-corrected chi connectivity index (χ0v) is 14.0. The van der Waals surface area contributed by atoms with Crippen LogP contribution in [0.3, 0.4) is 0 Å². The van der Waals surface area contributed by atoms with Crippen LogP contribution >= 0.6 is 22.6 Å². The molecule has 1 atom stereocenters. The second-order valence-electron chi connectivity index (χ2n) is 4.72. The monoisotopic (exact) mass is 532 g/mol. The predicted molar refractivity (Wildman–Crippen MR) is 65.0 cm³/mol. The van der Waals surface area contributed by atoms with Crippen molar-refractivity contribution >= 4 is 28.6 Å². The Labute approximate surface area is 149 Å². The standard InChI is InChI=1S/C10H6F13IO2/c1-3(25)26-4(24)2-5(11,12)6(13,14)7(15,16)8(17,18)9(19,20)10(21,22)23/h4H,2H2,1H3. The summed E-state index contributed by atoms with van der Waals surface area (Å²) < 4.78 is 168. The number of hydrogen-bond donors (Lipinski definition) is 0. The minimum Gasteiger partial charge on any atom is -0.452 e. The number of rotatable bonds is 7. The summed E-state index contributed by atoms with van der Waals surface area (Å²) in [5.41, 5.74) is 0. The van der Waals surface area contributed by atoms with Gasteiger partial charge in [0.15, 0.2) is 4.11 Å². The van der Waals surface area contributed by atoms with E-state index in [-0.39, 0.29) is 0 Å². The smallest absolute Gasteiger partial charge is 0.452 e. The first-order valence-electron chi connectivity index (χ1n) is 5.83. The zero-order chi connectivity index (χ0) is 21.6. The lowest BCUT2D eigenvalue weighted by molar-refractivity contribution is -0.440. The molecule has 0 aromatic carbocycles. The third kappa shape index (κ3) is 4.07. The number of carbonyl (C=O) groups is 1. The maximum Gasteiger partial charge on any atom is 0.460 e. The minimum absolute atomic E-state index is 0.564. The van der Waals surface area contributed by atoms with E-state index in [9.17, 15) is 61.9 Å². The minimum atomic E-state index is -7.94. The molecule has 0 aromatic heterocycles. The average Bonchev–Trinajstić information content (AvgIpc) is 2.34. The van der Waals surface area contributed by atoms with Gasteiger partial charge in [-0.1, -0.05) is 0 Å². The second-order valence-corrected chi connectivity index (χ2v) is 6.11. The fraction of sp³-hybridized carbons (Fsp3) is 0.900. The van der Waals surface area contributed by atoms with Gasteiger partial charge in [0, 0.05) is 6.92 Å². The molecular weight excluding hydrogens is 526 g/mol. The maximum atomic E-state index is 13.3. The van der Waals surface area contributed by atoms with E-state index < -0.39 is 52.3 Å². The lowest BCUT2D eigenvalue weighted by Gasteiger charge is -2.40. The molecule has 16 heteroatoms. The molecule has 0 heterocycles. The number of alkyl halides is 14. The van der Waals surface area contributed by atoms with Gasteiger partial charge in [-0.2, -0.15) is 57.1 Å². The summed E-state index contributed by atoms with van der Waals surface area (Å²) in [6.07, 6.45) is -10.0. The van der Waals surface area contributed by atoms with Gasteiger partial charge in [0.25, 0.3) is 0 Å². The number of esters is 1. The maximum absolute atomic E-state index is 13.3. The summed E-state index contributed by atoms with van der Waals surface area (Å²) >= 11 is 0.683. The van der Waals surface area contributed by atoms with Gasteiger partial charge in [-0.3, -0.25) is 4.79 Å². The van der Waals surface area contributed by atoms with Gasteiger partial charge in [0.2, 0.25) is 0 Å². The van der Waals surface area contributed by atoms with Crippen LogP contribution in [0.2, 0.25) is 0 Å². The van der Waals surface area contributed by atoms with Crippen LogP contribution in [0, 0.1) is 0 Å². The van der Waals surface area contributed by atoms with E-state index in [0.29, 0.717) is 29.5 Å².